The largest absolute Gasteiger partial charge is 0.463 e. The Hall–Kier alpha value is -9.79. The van der Waals surface area contributed by atoms with Gasteiger partial charge < -0.3 is 52.1 Å². The number of unbranched alkanes of at least 4 members (excludes halogenated alkanes) is 2. The van der Waals surface area contributed by atoms with Crippen molar-refractivity contribution in [2.45, 2.75) is 50.1 Å². The van der Waals surface area contributed by atoms with Gasteiger partial charge in [-0.3, -0.25) is 0 Å². The molecule has 2 fully saturated rings. The lowest BCUT2D eigenvalue weighted by atomic mass is 10.1. The first-order chi connectivity index (χ1) is 39.2. The summed E-state index contributed by atoms with van der Waals surface area (Å²) in [5.41, 5.74) is 2.22. The summed E-state index contributed by atoms with van der Waals surface area (Å²) in [6.45, 7) is 7.30. The van der Waals surface area contributed by atoms with E-state index in [1.54, 1.807) is 24.3 Å². The van der Waals surface area contributed by atoms with Crippen molar-refractivity contribution >= 4 is 65.9 Å². The molecule has 2 aliphatic rings. The number of carbonyl (C=O) groups is 9. The van der Waals surface area contributed by atoms with E-state index >= 15 is 0 Å². The molecule has 418 valence electrons. The van der Waals surface area contributed by atoms with Crippen molar-refractivity contribution in [1.82, 2.24) is 0 Å². The Morgan fingerprint density at radius 3 is 0.951 bits per heavy atom. The molecule has 2 heterocycles. The minimum absolute atomic E-state index is 0.0185. The maximum Gasteiger partial charge on any atom is 0.343 e. The smallest absolute Gasteiger partial charge is 0.343 e. The lowest BCUT2D eigenvalue weighted by molar-refractivity contribution is -0.140. The molecule has 7 rings (SSSR count). The summed E-state index contributed by atoms with van der Waals surface area (Å²) in [5.74, 6) is -5.06. The van der Waals surface area contributed by atoms with Gasteiger partial charge in [-0.1, -0.05) is 37.4 Å². The van der Waals surface area contributed by atoms with Crippen molar-refractivity contribution in [2.75, 3.05) is 39.6 Å². The molecule has 0 N–H and O–H groups in total. The number of benzene rings is 5. The number of hydrogen-bond acceptors (Lipinski definition) is 20. The molecule has 81 heavy (non-hydrogen) atoms. The lowest BCUT2D eigenvalue weighted by Crippen LogP contribution is -2.36. The molecule has 0 saturated carbocycles. The van der Waals surface area contributed by atoms with Crippen LogP contribution in [0.5, 0.6) is 17.2 Å². The van der Waals surface area contributed by atoms with Gasteiger partial charge in [0.15, 0.2) is 12.2 Å². The minimum Gasteiger partial charge on any atom is -0.463 e. The van der Waals surface area contributed by atoms with E-state index < -0.39 is 78.1 Å². The highest BCUT2D eigenvalue weighted by Crippen LogP contribution is 2.32. The predicted molar refractivity (Wildman–Crippen MR) is 286 cm³/mol. The van der Waals surface area contributed by atoms with E-state index in [2.05, 4.69) is 13.2 Å². The highest BCUT2D eigenvalue weighted by molar-refractivity contribution is 5.95. The second-order valence-corrected chi connectivity index (χ2v) is 17.6. The maximum absolute atomic E-state index is 13.2. The van der Waals surface area contributed by atoms with Crippen LogP contribution >= 0.6 is 0 Å². The number of ether oxygens (including phenoxy) is 11. The van der Waals surface area contributed by atoms with Crippen molar-refractivity contribution < 1.29 is 95.3 Å². The first-order valence-electron chi connectivity index (χ1n) is 25.4. The summed E-state index contributed by atoms with van der Waals surface area (Å²) >= 11 is 0. The fourth-order valence-corrected chi connectivity index (χ4v) is 7.62. The first-order valence-corrected chi connectivity index (χ1v) is 25.4. The normalized spacial score (nSPS) is 16.0. The van der Waals surface area contributed by atoms with E-state index in [0.29, 0.717) is 36.8 Å². The Labute approximate surface area is 464 Å². The molecule has 20 heteroatoms. The van der Waals surface area contributed by atoms with Gasteiger partial charge in [-0.15, -0.1) is 0 Å². The lowest BCUT2D eigenvalue weighted by Gasteiger charge is -2.17. The topological polar surface area (TPSA) is 255 Å². The van der Waals surface area contributed by atoms with Crippen molar-refractivity contribution in [3.63, 3.8) is 0 Å². The number of hydrogen-bond donors (Lipinski definition) is 0. The monoisotopic (exact) mass is 1110 g/mol. The van der Waals surface area contributed by atoms with Crippen LogP contribution in [0, 0.1) is 0 Å². The van der Waals surface area contributed by atoms with Crippen LogP contribution in [0.4, 0.5) is 0 Å². The first kappa shape index (κ1) is 58.9. The SMILES string of the molecule is C=CC(=O)OCCCCOC(=O)/C=C/c1ccc(C(=O)Oc2ccc(C(=O)Oc3ccc(C(=O)OC4CO[C@@H]5[C@@H](OC(=O)c6ccc(OC(=O)c7ccc(/C=C/C(=O)OCCCCOC(=O)C=C)cc7)cc6)CO[C@H]45)cc3)cc2)cc1. The average molecular weight is 1110 g/mol. The molecule has 0 aromatic heterocycles. The molecule has 4 atom stereocenters. The highest BCUT2D eigenvalue weighted by Gasteiger charge is 2.51. The Kier molecular flexibility index (Phi) is 21.7. The highest BCUT2D eigenvalue weighted by atomic mass is 16.7. The van der Waals surface area contributed by atoms with E-state index in [-0.39, 0.29) is 84.7 Å². The molecular weight excluding hydrogens is 1050 g/mol. The summed E-state index contributed by atoms with van der Waals surface area (Å²) in [7, 11) is 0. The number of rotatable bonds is 26. The third kappa shape index (κ3) is 18.1. The summed E-state index contributed by atoms with van der Waals surface area (Å²) < 4.78 is 59.5. The van der Waals surface area contributed by atoms with Gasteiger partial charge in [0.2, 0.25) is 0 Å². The molecule has 0 amide bonds. The zero-order chi connectivity index (χ0) is 57.5. The summed E-state index contributed by atoms with van der Waals surface area (Å²) in [6, 6.07) is 29.7. The molecular formula is C61H54O20. The van der Waals surface area contributed by atoms with Crippen LogP contribution < -0.4 is 14.2 Å². The van der Waals surface area contributed by atoms with Gasteiger partial charge in [0, 0.05) is 24.3 Å². The Balaban J connectivity index is 0.784. The second kappa shape index (κ2) is 29.8. The van der Waals surface area contributed by atoms with E-state index in [4.69, 9.17) is 52.1 Å². The van der Waals surface area contributed by atoms with Crippen LogP contribution in [0.2, 0.25) is 0 Å². The standard InChI is InChI=1S/C61H54O20/c1-3-51(62)71-33-5-7-35-73-53(64)31-13-39-9-15-41(16-10-39)57(66)77-46-25-19-43(20-26-46)59(68)79-48-29-23-45(24-30-48)61(70)81-50-38-76-55-49(37-75-56(50)55)80-60(69)44-21-27-47(28-22-44)78-58(67)42-17-11-40(12-18-42)14-32-54(65)74-36-8-6-34-72-52(63)4-2/h3-4,9-32,49-50,55-56H,1-2,5-8,33-38H2/b31-13+,32-14+/t49-,50?,55+,56+/m0/s1. The van der Waals surface area contributed by atoms with Crippen molar-refractivity contribution in [1.29, 1.82) is 0 Å². The van der Waals surface area contributed by atoms with Crippen LogP contribution in [0.15, 0.2) is 159 Å². The Morgan fingerprint density at radius 1 is 0.383 bits per heavy atom. The van der Waals surface area contributed by atoms with Crippen LogP contribution in [-0.2, 0) is 57.1 Å². The predicted octanol–water partition coefficient (Wildman–Crippen LogP) is 8.02. The Bertz CT molecular complexity index is 3120. The second-order valence-electron chi connectivity index (χ2n) is 17.6. The molecule has 20 nitrogen and oxygen atoms in total. The van der Waals surface area contributed by atoms with Crippen LogP contribution in [0.3, 0.4) is 0 Å². The summed E-state index contributed by atoms with van der Waals surface area (Å²) in [4.78, 5) is 111. The van der Waals surface area contributed by atoms with E-state index in [1.807, 2.05) is 0 Å². The molecule has 1 unspecified atom stereocenters. The van der Waals surface area contributed by atoms with Crippen molar-refractivity contribution in [2.24, 2.45) is 0 Å². The quantitative estimate of drug-likeness (QED) is 0.0167. The third-order valence-electron chi connectivity index (χ3n) is 11.9. The molecule has 0 radical (unpaired) electrons. The van der Waals surface area contributed by atoms with Gasteiger partial charge in [-0.05, 0) is 146 Å². The number of esters is 9. The van der Waals surface area contributed by atoms with Gasteiger partial charge >= 0.3 is 53.7 Å². The average Bonchev–Trinajstić information content (AvgIpc) is 4.12. The number of carbonyl (C=O) groups excluding carboxylic acids is 9. The molecule has 5 aromatic rings. The zero-order valence-corrected chi connectivity index (χ0v) is 43.5. The molecule has 5 aromatic carbocycles. The van der Waals surface area contributed by atoms with Crippen molar-refractivity contribution in [3.05, 3.63) is 198 Å². The van der Waals surface area contributed by atoms with Gasteiger partial charge in [-0.25, -0.2) is 43.2 Å². The molecule has 2 saturated heterocycles. The Morgan fingerprint density at radius 2 is 0.654 bits per heavy atom. The summed E-state index contributed by atoms with van der Waals surface area (Å²) in [6.07, 6.45) is 6.73. The van der Waals surface area contributed by atoms with E-state index in [0.717, 1.165) is 12.2 Å². The zero-order valence-electron chi connectivity index (χ0n) is 43.5. The molecule has 0 aliphatic carbocycles. The molecule has 0 bridgehead atoms. The van der Waals surface area contributed by atoms with Gasteiger partial charge in [0.1, 0.15) is 29.5 Å². The van der Waals surface area contributed by atoms with Crippen LogP contribution in [-0.4, -0.2) is 118 Å². The van der Waals surface area contributed by atoms with E-state index in [1.165, 1.54) is 121 Å². The van der Waals surface area contributed by atoms with Gasteiger partial charge in [0.05, 0.1) is 67.5 Å². The maximum atomic E-state index is 13.2. The van der Waals surface area contributed by atoms with Crippen molar-refractivity contribution in [3.8, 4) is 17.2 Å². The molecule has 2 aliphatic heterocycles. The van der Waals surface area contributed by atoms with E-state index in [9.17, 15) is 43.2 Å². The van der Waals surface area contributed by atoms with Gasteiger partial charge in [-0.2, -0.15) is 0 Å². The van der Waals surface area contributed by atoms with Gasteiger partial charge in [0.25, 0.3) is 0 Å². The third-order valence-corrected chi connectivity index (χ3v) is 11.9. The fraction of sp³-hybridized carbons (Fsp3) is 0.230. The summed E-state index contributed by atoms with van der Waals surface area (Å²) in [5, 5.41) is 0. The van der Waals surface area contributed by atoms with Crippen LogP contribution in [0.1, 0.15) is 88.6 Å². The molecule has 0 spiro atoms. The fourth-order valence-electron chi connectivity index (χ4n) is 7.62. The number of fused-ring (bicyclic) bond motifs is 1. The minimum atomic E-state index is -0.818. The van der Waals surface area contributed by atoms with Crippen LogP contribution in [0.25, 0.3) is 12.2 Å².